The summed E-state index contributed by atoms with van der Waals surface area (Å²) in [4.78, 5) is 0. The third-order valence-electron chi connectivity index (χ3n) is 3.03. The van der Waals surface area contributed by atoms with Crippen molar-refractivity contribution in [2.45, 2.75) is 40.0 Å². The lowest BCUT2D eigenvalue weighted by Crippen LogP contribution is -1.85. The van der Waals surface area contributed by atoms with Crippen LogP contribution in [0.25, 0.3) is 0 Å². The van der Waals surface area contributed by atoms with E-state index in [4.69, 9.17) is 0 Å². The van der Waals surface area contributed by atoms with Gasteiger partial charge in [-0.25, -0.2) is 0 Å². The summed E-state index contributed by atoms with van der Waals surface area (Å²) in [5.41, 5.74) is 6.69. The molecule has 0 bridgehead atoms. The van der Waals surface area contributed by atoms with Gasteiger partial charge in [0.2, 0.25) is 0 Å². The van der Waals surface area contributed by atoms with Crippen LogP contribution in [0.4, 0.5) is 0 Å². The minimum absolute atomic E-state index is 0.908. The maximum Gasteiger partial charge on any atom is -0.0102 e. The molecule has 2 rings (SSSR count). The van der Waals surface area contributed by atoms with Crippen LogP contribution in [-0.2, 0) is 0 Å². The Morgan fingerprint density at radius 3 is 1.91 bits per heavy atom. The number of hydrogen-bond donors (Lipinski definition) is 0. The molecular weight excluding hydrogens is 132 g/mol. The van der Waals surface area contributed by atoms with E-state index in [0.717, 1.165) is 5.92 Å². The first-order valence-corrected chi connectivity index (χ1v) is 4.56. The van der Waals surface area contributed by atoms with Crippen LogP contribution in [0.2, 0.25) is 0 Å². The lowest BCUT2D eigenvalue weighted by molar-refractivity contribution is 0.635. The van der Waals surface area contributed by atoms with E-state index in [0.29, 0.717) is 0 Å². The Morgan fingerprint density at radius 1 is 1.00 bits per heavy atom. The second-order valence-corrected chi connectivity index (χ2v) is 4.21. The summed E-state index contributed by atoms with van der Waals surface area (Å²) < 4.78 is 0. The Kier molecular flexibility index (Phi) is 1.45. The summed E-state index contributed by atoms with van der Waals surface area (Å²) >= 11 is 0. The van der Waals surface area contributed by atoms with Crippen LogP contribution in [0.1, 0.15) is 40.0 Å². The molecule has 0 aliphatic heterocycles. The molecule has 2 aliphatic rings. The van der Waals surface area contributed by atoms with E-state index in [2.05, 4.69) is 20.8 Å². The molecular formula is C11H16. The van der Waals surface area contributed by atoms with E-state index in [-0.39, 0.29) is 0 Å². The van der Waals surface area contributed by atoms with Gasteiger partial charge in [-0.05, 0) is 50.2 Å². The van der Waals surface area contributed by atoms with Crippen LogP contribution in [-0.4, -0.2) is 0 Å². The van der Waals surface area contributed by atoms with Crippen molar-refractivity contribution in [3.05, 3.63) is 22.3 Å². The van der Waals surface area contributed by atoms with Gasteiger partial charge in [0.05, 0.1) is 0 Å². The molecule has 0 atom stereocenters. The molecule has 60 valence electrons. The summed E-state index contributed by atoms with van der Waals surface area (Å²) in [6.07, 6.45) is 3.95. The molecule has 0 heterocycles. The van der Waals surface area contributed by atoms with E-state index >= 15 is 0 Å². The van der Waals surface area contributed by atoms with Crippen LogP contribution < -0.4 is 0 Å². The minimum Gasteiger partial charge on any atom is -0.0658 e. The van der Waals surface area contributed by atoms with Crippen molar-refractivity contribution in [3.8, 4) is 0 Å². The fraction of sp³-hybridized carbons (Fsp3) is 0.636. The van der Waals surface area contributed by atoms with Gasteiger partial charge in [0.25, 0.3) is 0 Å². The first-order valence-electron chi connectivity index (χ1n) is 4.56. The highest BCUT2D eigenvalue weighted by Gasteiger charge is 2.27. The predicted molar refractivity (Wildman–Crippen MR) is 48.4 cm³/mol. The van der Waals surface area contributed by atoms with Gasteiger partial charge >= 0.3 is 0 Å². The van der Waals surface area contributed by atoms with Crippen molar-refractivity contribution in [1.82, 2.24) is 0 Å². The van der Waals surface area contributed by atoms with E-state index < -0.39 is 0 Å². The Labute approximate surface area is 69.0 Å². The van der Waals surface area contributed by atoms with Crippen LogP contribution in [0, 0.1) is 5.92 Å². The molecule has 1 saturated carbocycles. The van der Waals surface area contributed by atoms with Crippen molar-refractivity contribution >= 4 is 0 Å². The molecule has 0 aromatic rings. The lowest BCUT2D eigenvalue weighted by atomic mass is 10.1. The predicted octanol–water partition coefficient (Wildman–Crippen LogP) is 3.45. The SMILES string of the molecule is CC1=C2CC(C)CC2=C(C)C1. The Balaban J connectivity index is 2.39. The maximum atomic E-state index is 2.36. The van der Waals surface area contributed by atoms with Crippen LogP contribution in [0.5, 0.6) is 0 Å². The molecule has 0 aromatic carbocycles. The van der Waals surface area contributed by atoms with Gasteiger partial charge < -0.3 is 0 Å². The molecule has 0 unspecified atom stereocenters. The molecule has 0 saturated heterocycles. The zero-order valence-corrected chi connectivity index (χ0v) is 7.70. The van der Waals surface area contributed by atoms with Crippen molar-refractivity contribution in [2.24, 2.45) is 5.92 Å². The van der Waals surface area contributed by atoms with E-state index in [1.54, 1.807) is 22.3 Å². The Morgan fingerprint density at radius 2 is 1.45 bits per heavy atom. The molecule has 0 amide bonds. The number of allylic oxidation sites excluding steroid dienone is 4. The summed E-state index contributed by atoms with van der Waals surface area (Å²) in [5.74, 6) is 0.908. The van der Waals surface area contributed by atoms with Gasteiger partial charge in [-0.15, -0.1) is 0 Å². The summed E-state index contributed by atoms with van der Waals surface area (Å²) in [7, 11) is 0. The van der Waals surface area contributed by atoms with Crippen molar-refractivity contribution in [3.63, 3.8) is 0 Å². The average Bonchev–Trinajstić information content (AvgIpc) is 2.38. The minimum atomic E-state index is 0.908. The normalized spacial score (nSPS) is 25.4. The topological polar surface area (TPSA) is 0 Å². The van der Waals surface area contributed by atoms with Gasteiger partial charge in [0.15, 0.2) is 0 Å². The second-order valence-electron chi connectivity index (χ2n) is 4.21. The maximum absolute atomic E-state index is 2.36. The zero-order valence-electron chi connectivity index (χ0n) is 7.70. The lowest BCUT2D eigenvalue weighted by Gasteiger charge is -1.99. The summed E-state index contributed by atoms with van der Waals surface area (Å²) in [6, 6.07) is 0. The van der Waals surface area contributed by atoms with E-state index in [1.165, 1.54) is 19.3 Å². The van der Waals surface area contributed by atoms with Crippen LogP contribution in [0.15, 0.2) is 22.3 Å². The van der Waals surface area contributed by atoms with E-state index in [9.17, 15) is 0 Å². The Bertz CT molecular complexity index is 227. The first-order chi connectivity index (χ1) is 5.18. The zero-order chi connectivity index (χ0) is 8.01. The largest absolute Gasteiger partial charge is 0.0658 e. The third kappa shape index (κ3) is 0.962. The monoisotopic (exact) mass is 148 g/mol. The molecule has 0 heteroatoms. The molecule has 2 aliphatic carbocycles. The van der Waals surface area contributed by atoms with Crippen LogP contribution >= 0.6 is 0 Å². The number of hydrogen-bond acceptors (Lipinski definition) is 0. The van der Waals surface area contributed by atoms with Crippen LogP contribution in [0.3, 0.4) is 0 Å². The molecule has 0 N–H and O–H groups in total. The van der Waals surface area contributed by atoms with Crippen molar-refractivity contribution in [1.29, 1.82) is 0 Å². The number of fused-ring (bicyclic) bond motifs is 1. The number of rotatable bonds is 0. The fourth-order valence-corrected chi connectivity index (χ4v) is 2.49. The summed E-state index contributed by atoms with van der Waals surface area (Å²) in [5, 5.41) is 0. The highest BCUT2D eigenvalue weighted by atomic mass is 14.3. The molecule has 0 nitrogen and oxygen atoms in total. The van der Waals surface area contributed by atoms with Crippen molar-refractivity contribution in [2.75, 3.05) is 0 Å². The van der Waals surface area contributed by atoms with Gasteiger partial charge in [0, 0.05) is 0 Å². The molecule has 1 fully saturated rings. The van der Waals surface area contributed by atoms with Crippen molar-refractivity contribution < 1.29 is 0 Å². The molecule has 0 aromatic heterocycles. The summed E-state index contributed by atoms with van der Waals surface area (Å²) in [6.45, 7) is 6.95. The highest BCUT2D eigenvalue weighted by Crippen LogP contribution is 2.45. The smallest absolute Gasteiger partial charge is 0.0102 e. The first kappa shape index (κ1) is 7.15. The molecule has 0 spiro atoms. The standard InChI is InChI=1S/C11H16/c1-7-4-10-8(2)6-9(3)11(10)5-7/h7H,4-6H2,1-3H3. The van der Waals surface area contributed by atoms with Gasteiger partial charge in [-0.1, -0.05) is 18.1 Å². The van der Waals surface area contributed by atoms with Gasteiger partial charge in [0.1, 0.15) is 0 Å². The second kappa shape index (κ2) is 2.23. The van der Waals surface area contributed by atoms with E-state index in [1.807, 2.05) is 0 Å². The third-order valence-corrected chi connectivity index (χ3v) is 3.03. The molecule has 11 heavy (non-hydrogen) atoms. The molecule has 0 radical (unpaired) electrons. The van der Waals surface area contributed by atoms with Gasteiger partial charge in [-0.2, -0.15) is 0 Å². The Hall–Kier alpha value is -0.520. The average molecular weight is 148 g/mol. The highest BCUT2D eigenvalue weighted by molar-refractivity contribution is 5.49. The fourth-order valence-electron chi connectivity index (χ4n) is 2.49. The van der Waals surface area contributed by atoms with Gasteiger partial charge in [-0.3, -0.25) is 0 Å². The quantitative estimate of drug-likeness (QED) is 0.493.